The zero-order valence-corrected chi connectivity index (χ0v) is 52.3. The van der Waals surface area contributed by atoms with E-state index in [0.29, 0.717) is 0 Å². The lowest BCUT2D eigenvalue weighted by Gasteiger charge is -2.48. The topological polar surface area (TPSA) is 20.6 Å². The molecule has 3 aliphatic heterocycles. The van der Waals surface area contributed by atoms with Crippen LogP contribution < -0.4 is 30.9 Å². The predicted molar refractivity (Wildman–Crippen MR) is 371 cm³/mol. The van der Waals surface area contributed by atoms with Gasteiger partial charge in [-0.15, -0.1) is 0 Å². The quantitative estimate of drug-likeness (QED) is 0.164. The number of rotatable bonds is 4. The fourth-order valence-corrected chi connectivity index (χ4v) is 14.3. The maximum Gasteiger partial charge on any atom is 0.252 e. The Labute approximate surface area is 514 Å². The largest absolute Gasteiger partial charge is 0.456 e. The van der Waals surface area contributed by atoms with E-state index in [0.717, 1.165) is 50.8 Å². The number of para-hydroxylation sites is 5. The summed E-state index contributed by atoms with van der Waals surface area (Å²) in [7, 11) is 0. The highest BCUT2D eigenvalue weighted by molar-refractivity contribution is 7.00. The van der Waals surface area contributed by atoms with Crippen LogP contribution in [0.1, 0.15) is 105 Å². The Morgan fingerprint density at radius 1 is 0.322 bits per heavy atom. The lowest BCUT2D eigenvalue weighted by Crippen LogP contribution is -2.62. The molecule has 0 bridgehead atoms. The van der Waals surface area contributed by atoms with Crippen molar-refractivity contribution >= 4 is 79.0 Å². The summed E-state index contributed by atoms with van der Waals surface area (Å²) in [6.45, 7) is 28.3. The number of hydrogen-bond donors (Lipinski definition) is 0. The molecule has 0 atom stereocenters. The molecule has 0 N–H and O–H groups in total. The average Bonchev–Trinajstić information content (AvgIpc) is 1.15. The highest BCUT2D eigenvalue weighted by Gasteiger charge is 2.48. The second-order valence-electron chi connectivity index (χ2n) is 28.6. The number of ether oxygens (including phenoxy) is 1. The van der Waals surface area contributed by atoms with Gasteiger partial charge in [-0.2, -0.15) is 0 Å². The zero-order valence-electron chi connectivity index (χ0n) is 52.3. The summed E-state index contributed by atoms with van der Waals surface area (Å²) in [5.74, 6) is 1.66. The Hall–Kier alpha value is -9.32. The Balaban J connectivity index is 1.18. The van der Waals surface area contributed by atoms with Crippen LogP contribution in [0.15, 0.2) is 231 Å². The van der Waals surface area contributed by atoms with Crippen LogP contribution in [-0.4, -0.2) is 11.3 Å². The van der Waals surface area contributed by atoms with Crippen LogP contribution in [0.2, 0.25) is 0 Å². The molecule has 5 heteroatoms. The van der Waals surface area contributed by atoms with Crippen LogP contribution in [0.5, 0.6) is 11.5 Å². The molecule has 4 heterocycles. The minimum Gasteiger partial charge on any atom is -0.456 e. The van der Waals surface area contributed by atoms with Crippen molar-refractivity contribution in [2.75, 3.05) is 9.80 Å². The summed E-state index contributed by atoms with van der Waals surface area (Å²) < 4.78 is 9.85. The van der Waals surface area contributed by atoms with Crippen LogP contribution in [0.3, 0.4) is 0 Å². The summed E-state index contributed by atoms with van der Waals surface area (Å²) in [4.78, 5) is 5.47. The van der Waals surface area contributed by atoms with Crippen molar-refractivity contribution in [2.24, 2.45) is 0 Å². The van der Waals surface area contributed by atoms with Gasteiger partial charge in [-0.3, -0.25) is 0 Å². The number of fused-ring (bicyclic) bond motifs is 13. The molecule has 0 amide bonds. The molecule has 3 aliphatic rings. The minimum atomic E-state index is -0.284. The Kier molecular flexibility index (Phi) is 12.2. The number of aromatic nitrogens is 1. The van der Waals surface area contributed by atoms with E-state index in [1.165, 1.54) is 105 Å². The van der Waals surface area contributed by atoms with Crippen LogP contribution in [0, 0.1) is 0 Å². The first kappa shape index (κ1) is 54.3. The third-order valence-corrected chi connectivity index (χ3v) is 18.7. The third kappa shape index (κ3) is 8.70. The van der Waals surface area contributed by atoms with Gasteiger partial charge in [0.05, 0.1) is 22.4 Å². The van der Waals surface area contributed by atoms with E-state index in [4.69, 9.17) is 4.74 Å². The first-order valence-electron chi connectivity index (χ1n) is 31.1. The molecule has 4 nitrogen and oxygen atoms in total. The number of benzene rings is 11. The molecule has 0 radical (unpaired) electrons. The van der Waals surface area contributed by atoms with Gasteiger partial charge in [0.15, 0.2) is 0 Å². The van der Waals surface area contributed by atoms with Gasteiger partial charge in [0.25, 0.3) is 6.71 Å². The highest BCUT2D eigenvalue weighted by atomic mass is 16.5. The SMILES string of the molecule is CC(C)(C)c1cc2c3c(c1)-c1ccccc1Oc1ccccc1-c1cccc(C(C)(C)C)c1N3c1cc(C(C)(C)C)cc3c1B2c1ccc(-n2c4ccccc4c4ccccc42)cc1N3c1c(-c2ccccc2)cc(C(C)(C)C)cc1-c1ccccc1. The molecular formula is C82H74BN3O. The highest BCUT2D eigenvalue weighted by Crippen LogP contribution is 2.58. The molecule has 0 spiro atoms. The van der Waals surface area contributed by atoms with E-state index in [2.05, 4.69) is 328 Å². The van der Waals surface area contributed by atoms with Crippen LogP contribution in [0.4, 0.5) is 34.1 Å². The van der Waals surface area contributed by atoms with Gasteiger partial charge < -0.3 is 19.1 Å². The standard InChI is InChI=1S/C82H74BN3O/c1-79(2,3)53-44-62(51-28-15-13-16-29-51)76(63(45-53)52-30-17-14-18-31-52)85-70-50-56(84-68-38-23-19-32-57(68)58-33-20-24-39-69(58)84)42-43-66(70)83-67-47-54(80(4,5)6)46-64-60-35-22-26-41-74(60)87-73-40-25-21-34-59(73)61-36-27-37-65(82(10,11)12)77(61)86(78(64)67)72-49-55(81(7,8)9)48-71(85)75(72)83/h13-50H,1-12H3. The number of nitrogens with zero attached hydrogens (tertiary/aromatic N) is 3. The van der Waals surface area contributed by atoms with Gasteiger partial charge in [-0.1, -0.05) is 247 Å². The van der Waals surface area contributed by atoms with Crippen LogP contribution in [-0.2, 0) is 21.7 Å². The minimum absolute atomic E-state index is 0.165. The van der Waals surface area contributed by atoms with Crippen LogP contribution >= 0.6 is 0 Å². The summed E-state index contributed by atoms with van der Waals surface area (Å²) >= 11 is 0. The molecule has 0 saturated carbocycles. The number of hydrogen-bond acceptors (Lipinski definition) is 3. The Morgan fingerprint density at radius 3 is 1.36 bits per heavy atom. The molecule has 1 aromatic heterocycles. The van der Waals surface area contributed by atoms with E-state index in [9.17, 15) is 0 Å². The fraction of sp³-hybridized carbons (Fsp3) is 0.195. The molecule has 0 aliphatic carbocycles. The lowest BCUT2D eigenvalue weighted by atomic mass is 9.33. The molecule has 87 heavy (non-hydrogen) atoms. The fourth-order valence-electron chi connectivity index (χ4n) is 14.3. The maximum atomic E-state index is 7.35. The summed E-state index contributed by atoms with van der Waals surface area (Å²) in [5.41, 5.74) is 27.5. The van der Waals surface area contributed by atoms with Crippen molar-refractivity contribution in [3.05, 3.63) is 253 Å². The van der Waals surface area contributed by atoms with Gasteiger partial charge >= 0.3 is 0 Å². The third-order valence-electron chi connectivity index (χ3n) is 18.7. The smallest absolute Gasteiger partial charge is 0.252 e. The number of anilines is 6. The monoisotopic (exact) mass is 1130 g/mol. The maximum absolute atomic E-state index is 7.35. The molecule has 12 aromatic rings. The van der Waals surface area contributed by atoms with E-state index < -0.39 is 0 Å². The first-order chi connectivity index (χ1) is 41.7. The second-order valence-corrected chi connectivity index (χ2v) is 28.6. The molecule has 0 saturated heterocycles. The van der Waals surface area contributed by atoms with Gasteiger partial charge in [-0.05, 0) is 138 Å². The lowest BCUT2D eigenvalue weighted by molar-refractivity contribution is 0.486. The molecular weight excluding hydrogens is 1050 g/mol. The summed E-state index contributed by atoms with van der Waals surface area (Å²) in [6.07, 6.45) is 0. The van der Waals surface area contributed by atoms with E-state index in [-0.39, 0.29) is 28.4 Å². The Morgan fingerprint density at radius 2 is 0.793 bits per heavy atom. The molecule has 0 fully saturated rings. The van der Waals surface area contributed by atoms with E-state index in [1.807, 2.05) is 0 Å². The van der Waals surface area contributed by atoms with Gasteiger partial charge in [0, 0.05) is 72.6 Å². The van der Waals surface area contributed by atoms with E-state index >= 15 is 0 Å². The van der Waals surface area contributed by atoms with E-state index in [1.54, 1.807) is 0 Å². The van der Waals surface area contributed by atoms with Crippen molar-refractivity contribution in [3.63, 3.8) is 0 Å². The van der Waals surface area contributed by atoms with Crippen molar-refractivity contribution in [2.45, 2.75) is 105 Å². The van der Waals surface area contributed by atoms with Crippen molar-refractivity contribution in [1.82, 2.24) is 4.57 Å². The van der Waals surface area contributed by atoms with Crippen molar-refractivity contribution < 1.29 is 4.74 Å². The zero-order chi connectivity index (χ0) is 60.1. The molecule has 426 valence electrons. The first-order valence-corrected chi connectivity index (χ1v) is 31.1. The van der Waals surface area contributed by atoms with Crippen molar-refractivity contribution in [1.29, 1.82) is 0 Å². The van der Waals surface area contributed by atoms with Crippen molar-refractivity contribution in [3.8, 4) is 61.7 Å². The molecule has 11 aromatic carbocycles. The predicted octanol–water partition coefficient (Wildman–Crippen LogP) is 20.8. The van der Waals surface area contributed by atoms with Gasteiger partial charge in [-0.25, -0.2) is 0 Å². The van der Waals surface area contributed by atoms with Crippen LogP contribution in [0.25, 0.3) is 72.0 Å². The normalized spacial score (nSPS) is 13.5. The summed E-state index contributed by atoms with van der Waals surface area (Å²) in [5, 5.41) is 2.47. The molecule has 15 rings (SSSR count). The average molecular weight is 1130 g/mol. The molecule has 0 unspecified atom stereocenters. The summed E-state index contributed by atoms with van der Waals surface area (Å²) in [6, 6.07) is 87.3. The van der Waals surface area contributed by atoms with Gasteiger partial charge in [0.1, 0.15) is 11.5 Å². The Bertz CT molecular complexity index is 4660. The van der Waals surface area contributed by atoms with Gasteiger partial charge in [0.2, 0.25) is 0 Å². The second kappa shape index (κ2) is 19.6.